The van der Waals surface area contributed by atoms with Crippen LogP contribution in [0, 0.1) is 0 Å². The quantitative estimate of drug-likeness (QED) is 0.745. The van der Waals surface area contributed by atoms with Gasteiger partial charge in [0.1, 0.15) is 5.76 Å². The Bertz CT molecular complexity index is 318. The summed E-state index contributed by atoms with van der Waals surface area (Å²) in [5.41, 5.74) is 0. The van der Waals surface area contributed by atoms with E-state index in [0.29, 0.717) is 12.5 Å². The predicted molar refractivity (Wildman–Crippen MR) is 57.4 cm³/mol. The Balaban J connectivity index is 1.95. The number of piperidine rings is 1. The fourth-order valence-electron chi connectivity index (χ4n) is 2.13. The van der Waals surface area contributed by atoms with Gasteiger partial charge in [0.05, 0.1) is 12.7 Å². The lowest BCUT2D eigenvalue weighted by molar-refractivity contribution is -0.133. The molecule has 0 N–H and O–H groups in total. The maximum absolute atomic E-state index is 11.9. The van der Waals surface area contributed by atoms with Crippen molar-refractivity contribution in [3.8, 4) is 0 Å². The molecular weight excluding hydrogens is 190 g/mol. The first-order valence-electron chi connectivity index (χ1n) is 5.59. The molecule has 0 bridgehead atoms. The van der Waals surface area contributed by atoms with Crippen molar-refractivity contribution in [1.82, 2.24) is 4.90 Å². The third-order valence-corrected chi connectivity index (χ3v) is 3.03. The molecule has 2 heterocycles. The molecule has 1 fully saturated rings. The molecule has 1 amide bonds. The van der Waals surface area contributed by atoms with Gasteiger partial charge in [-0.2, -0.15) is 0 Å². The maximum atomic E-state index is 11.9. The van der Waals surface area contributed by atoms with E-state index in [1.165, 1.54) is 6.42 Å². The van der Waals surface area contributed by atoms with E-state index in [2.05, 4.69) is 6.92 Å². The van der Waals surface area contributed by atoms with Gasteiger partial charge in [0, 0.05) is 12.6 Å². The van der Waals surface area contributed by atoms with Crippen LogP contribution in [-0.2, 0) is 11.2 Å². The minimum absolute atomic E-state index is 0.192. The van der Waals surface area contributed by atoms with Crippen LogP contribution >= 0.6 is 0 Å². The molecule has 3 nitrogen and oxygen atoms in total. The summed E-state index contributed by atoms with van der Waals surface area (Å²) in [6, 6.07) is 4.07. The Morgan fingerprint density at radius 3 is 3.13 bits per heavy atom. The summed E-state index contributed by atoms with van der Waals surface area (Å²) in [5, 5.41) is 0. The van der Waals surface area contributed by atoms with Gasteiger partial charge in [-0.05, 0) is 38.3 Å². The molecular formula is C12H17NO2. The van der Waals surface area contributed by atoms with Crippen molar-refractivity contribution in [2.75, 3.05) is 6.54 Å². The Morgan fingerprint density at radius 1 is 1.60 bits per heavy atom. The number of hydrogen-bond donors (Lipinski definition) is 0. The van der Waals surface area contributed by atoms with Crippen molar-refractivity contribution in [3.05, 3.63) is 24.2 Å². The van der Waals surface area contributed by atoms with Crippen molar-refractivity contribution in [2.45, 2.75) is 38.6 Å². The fourth-order valence-corrected chi connectivity index (χ4v) is 2.13. The molecule has 1 aromatic rings. The maximum Gasteiger partial charge on any atom is 0.230 e. The van der Waals surface area contributed by atoms with Gasteiger partial charge in [-0.1, -0.05) is 0 Å². The van der Waals surface area contributed by atoms with E-state index in [4.69, 9.17) is 4.42 Å². The molecule has 2 rings (SSSR count). The van der Waals surface area contributed by atoms with Gasteiger partial charge < -0.3 is 9.32 Å². The van der Waals surface area contributed by atoms with E-state index in [-0.39, 0.29) is 5.91 Å². The number of nitrogens with zero attached hydrogens (tertiary/aromatic N) is 1. The molecule has 0 unspecified atom stereocenters. The van der Waals surface area contributed by atoms with Crippen LogP contribution in [0.15, 0.2) is 22.8 Å². The zero-order chi connectivity index (χ0) is 10.7. The van der Waals surface area contributed by atoms with Gasteiger partial charge in [0.25, 0.3) is 0 Å². The van der Waals surface area contributed by atoms with E-state index in [1.54, 1.807) is 6.26 Å². The molecule has 1 atom stereocenters. The molecule has 0 spiro atoms. The number of carbonyl (C=O) groups excluding carboxylic acids is 1. The lowest BCUT2D eigenvalue weighted by Crippen LogP contribution is -2.42. The lowest BCUT2D eigenvalue weighted by Gasteiger charge is -2.33. The smallest absolute Gasteiger partial charge is 0.230 e. The molecule has 0 aromatic carbocycles. The molecule has 0 saturated carbocycles. The Kier molecular flexibility index (Phi) is 3.09. The van der Waals surface area contributed by atoms with Crippen LogP contribution in [0.25, 0.3) is 0 Å². The van der Waals surface area contributed by atoms with Crippen molar-refractivity contribution in [2.24, 2.45) is 0 Å². The van der Waals surface area contributed by atoms with E-state index in [0.717, 1.165) is 25.1 Å². The molecule has 15 heavy (non-hydrogen) atoms. The molecule has 3 heteroatoms. The molecule has 82 valence electrons. The minimum atomic E-state index is 0.192. The van der Waals surface area contributed by atoms with Crippen LogP contribution in [-0.4, -0.2) is 23.4 Å². The predicted octanol–water partition coefficient (Wildman–Crippen LogP) is 2.22. The summed E-state index contributed by atoms with van der Waals surface area (Å²) >= 11 is 0. The monoisotopic (exact) mass is 207 g/mol. The number of hydrogen-bond acceptors (Lipinski definition) is 2. The molecule has 0 aliphatic carbocycles. The fraction of sp³-hybridized carbons (Fsp3) is 0.583. The number of amides is 1. The zero-order valence-electron chi connectivity index (χ0n) is 9.11. The first-order chi connectivity index (χ1) is 7.27. The number of likely N-dealkylation sites (tertiary alicyclic amines) is 1. The average molecular weight is 207 g/mol. The topological polar surface area (TPSA) is 33.5 Å². The van der Waals surface area contributed by atoms with E-state index >= 15 is 0 Å². The van der Waals surface area contributed by atoms with Crippen LogP contribution in [0.4, 0.5) is 0 Å². The summed E-state index contributed by atoms with van der Waals surface area (Å²) in [7, 11) is 0. The Labute approximate surface area is 90.1 Å². The van der Waals surface area contributed by atoms with Crippen molar-refractivity contribution >= 4 is 5.91 Å². The highest BCUT2D eigenvalue weighted by Gasteiger charge is 2.23. The second-order valence-corrected chi connectivity index (χ2v) is 4.19. The third-order valence-electron chi connectivity index (χ3n) is 3.03. The van der Waals surface area contributed by atoms with E-state index in [9.17, 15) is 4.79 Å². The average Bonchev–Trinajstić information content (AvgIpc) is 2.71. The van der Waals surface area contributed by atoms with Crippen LogP contribution < -0.4 is 0 Å². The van der Waals surface area contributed by atoms with E-state index < -0.39 is 0 Å². The number of carbonyl (C=O) groups is 1. The second-order valence-electron chi connectivity index (χ2n) is 4.19. The van der Waals surface area contributed by atoms with Crippen molar-refractivity contribution in [3.63, 3.8) is 0 Å². The minimum Gasteiger partial charge on any atom is -0.469 e. The van der Waals surface area contributed by atoms with Gasteiger partial charge in [-0.25, -0.2) is 0 Å². The summed E-state index contributed by atoms with van der Waals surface area (Å²) in [5.74, 6) is 0.954. The lowest BCUT2D eigenvalue weighted by atomic mass is 10.0. The van der Waals surface area contributed by atoms with Crippen LogP contribution in [0.5, 0.6) is 0 Å². The van der Waals surface area contributed by atoms with Gasteiger partial charge in [0.15, 0.2) is 0 Å². The zero-order valence-corrected chi connectivity index (χ0v) is 9.11. The van der Waals surface area contributed by atoms with Gasteiger partial charge in [-0.15, -0.1) is 0 Å². The standard InChI is InChI=1S/C12H17NO2/c1-10-5-2-3-7-13(10)12(14)9-11-6-4-8-15-11/h4,6,8,10H,2-3,5,7,9H2,1H3/t10-/m0/s1. The van der Waals surface area contributed by atoms with E-state index in [1.807, 2.05) is 17.0 Å². The highest BCUT2D eigenvalue weighted by atomic mass is 16.3. The van der Waals surface area contributed by atoms with Crippen molar-refractivity contribution in [1.29, 1.82) is 0 Å². The Hall–Kier alpha value is -1.25. The molecule has 0 radical (unpaired) electrons. The van der Waals surface area contributed by atoms with Crippen LogP contribution in [0.2, 0.25) is 0 Å². The second kappa shape index (κ2) is 4.51. The summed E-state index contributed by atoms with van der Waals surface area (Å²) in [6.45, 7) is 3.03. The van der Waals surface area contributed by atoms with Crippen LogP contribution in [0.3, 0.4) is 0 Å². The number of rotatable bonds is 2. The SMILES string of the molecule is C[C@H]1CCCCN1C(=O)Cc1ccco1. The first kappa shape index (κ1) is 10.3. The highest BCUT2D eigenvalue weighted by molar-refractivity contribution is 5.78. The Morgan fingerprint density at radius 2 is 2.47 bits per heavy atom. The van der Waals surface area contributed by atoms with Crippen molar-refractivity contribution < 1.29 is 9.21 Å². The summed E-state index contributed by atoms with van der Waals surface area (Å²) in [4.78, 5) is 13.9. The highest BCUT2D eigenvalue weighted by Crippen LogP contribution is 2.17. The van der Waals surface area contributed by atoms with Crippen LogP contribution in [0.1, 0.15) is 31.9 Å². The molecule has 1 aromatic heterocycles. The normalized spacial score (nSPS) is 21.7. The molecule has 1 aliphatic rings. The van der Waals surface area contributed by atoms with Gasteiger partial charge >= 0.3 is 0 Å². The van der Waals surface area contributed by atoms with Gasteiger partial charge in [-0.3, -0.25) is 4.79 Å². The summed E-state index contributed by atoms with van der Waals surface area (Å²) < 4.78 is 5.18. The molecule has 1 aliphatic heterocycles. The van der Waals surface area contributed by atoms with Gasteiger partial charge in [0.2, 0.25) is 5.91 Å². The third kappa shape index (κ3) is 2.41. The summed E-state index contributed by atoms with van der Waals surface area (Å²) in [6.07, 6.45) is 5.52. The number of furan rings is 1. The largest absolute Gasteiger partial charge is 0.469 e. The first-order valence-corrected chi connectivity index (χ1v) is 5.59. The molecule has 1 saturated heterocycles.